The molecule has 0 radical (unpaired) electrons. The van der Waals surface area contributed by atoms with Gasteiger partial charge in [0, 0.05) is 61.8 Å². The maximum atomic E-state index is 12.8. The van der Waals surface area contributed by atoms with E-state index >= 15 is 0 Å². The van der Waals surface area contributed by atoms with Crippen LogP contribution < -0.4 is 42.5 Å². The Labute approximate surface area is 433 Å². The predicted molar refractivity (Wildman–Crippen MR) is 273 cm³/mol. The van der Waals surface area contributed by atoms with E-state index in [2.05, 4.69) is 51.2 Å². The number of carbonyl (C=O) groups is 2. The van der Waals surface area contributed by atoms with Gasteiger partial charge in [-0.15, -0.1) is 0 Å². The van der Waals surface area contributed by atoms with Gasteiger partial charge in [-0.1, -0.05) is 24.3 Å². The van der Waals surface area contributed by atoms with Crippen molar-refractivity contribution in [2.45, 2.75) is 32.4 Å². The van der Waals surface area contributed by atoms with Gasteiger partial charge in [0.1, 0.15) is 9.79 Å². The molecular weight excluding hydrogens is 1080 g/mol. The average molecular weight is 1130 g/mol. The molecule has 0 atom stereocenters. The number of nitrogens with zero attached hydrogens (tertiary/aromatic N) is 8. The van der Waals surface area contributed by atoms with Gasteiger partial charge in [-0.3, -0.25) is 27.8 Å². The molecule has 0 aliphatic rings. The molecule has 76 heavy (non-hydrogen) atoms. The highest BCUT2D eigenvalue weighted by atomic mass is 32.2. The van der Waals surface area contributed by atoms with Crippen molar-refractivity contribution in [3.05, 3.63) is 96.1 Å². The van der Waals surface area contributed by atoms with E-state index in [1.807, 2.05) is 0 Å². The van der Waals surface area contributed by atoms with Crippen molar-refractivity contribution in [2.75, 3.05) is 70.5 Å². The lowest BCUT2D eigenvalue weighted by Crippen LogP contribution is -2.32. The number of hydrogen-bond acceptors (Lipinski definition) is 24. The number of carbonyl (C=O) groups excluding carboxylic acids is 2. The van der Waals surface area contributed by atoms with Crippen molar-refractivity contribution in [3.8, 4) is 0 Å². The van der Waals surface area contributed by atoms with Crippen LogP contribution in [0.4, 0.5) is 58.4 Å². The van der Waals surface area contributed by atoms with E-state index in [9.17, 15) is 71.7 Å². The van der Waals surface area contributed by atoms with Crippen LogP contribution in [0.25, 0.3) is 12.2 Å². The second-order valence-electron chi connectivity index (χ2n) is 15.7. The third-order valence-corrected chi connectivity index (χ3v) is 13.7. The van der Waals surface area contributed by atoms with Crippen molar-refractivity contribution in [3.63, 3.8) is 0 Å². The second kappa shape index (κ2) is 24.1. The molecule has 14 N–H and O–H groups in total. The van der Waals surface area contributed by atoms with E-state index in [-0.39, 0.29) is 109 Å². The maximum absolute atomic E-state index is 12.8. The Morgan fingerprint density at radius 3 is 1.03 bits per heavy atom. The number of aromatic nitrogens is 6. The molecule has 2 heterocycles. The van der Waals surface area contributed by atoms with E-state index in [1.165, 1.54) is 58.3 Å². The van der Waals surface area contributed by atoms with Gasteiger partial charge in [-0.05, 0) is 83.9 Å². The molecule has 6 rings (SSSR count). The summed E-state index contributed by atoms with van der Waals surface area (Å²) in [5.74, 6) is -2.53. The van der Waals surface area contributed by atoms with Gasteiger partial charge < -0.3 is 52.7 Å². The Balaban J connectivity index is 1.33. The van der Waals surface area contributed by atoms with Crippen LogP contribution in [0.15, 0.2) is 105 Å². The summed E-state index contributed by atoms with van der Waals surface area (Å²) < 4.78 is 137. The molecule has 6 aromatic rings. The highest BCUT2D eigenvalue weighted by Crippen LogP contribution is 2.30. The summed E-state index contributed by atoms with van der Waals surface area (Å²) in [4.78, 5) is 49.7. The summed E-state index contributed by atoms with van der Waals surface area (Å²) in [6.07, 6.45) is 1.86. The lowest BCUT2D eigenvalue weighted by atomic mass is 10.1. The van der Waals surface area contributed by atoms with Crippen LogP contribution in [0.2, 0.25) is 0 Å². The number of aliphatic hydroxyl groups is 2. The van der Waals surface area contributed by atoms with Crippen LogP contribution in [-0.4, -0.2) is 143 Å². The predicted octanol–water partition coefficient (Wildman–Crippen LogP) is 1.54. The average Bonchev–Trinajstić information content (AvgIpc) is 3.33. The summed E-state index contributed by atoms with van der Waals surface area (Å²) >= 11 is 0. The number of aliphatic hydroxyl groups excluding tert-OH is 2. The summed E-state index contributed by atoms with van der Waals surface area (Å²) in [5, 5.41) is 30.8. The largest absolute Gasteiger partial charge is 0.395 e. The minimum absolute atomic E-state index is 0.0486. The number of nitrogens with one attached hydrogen (secondary N) is 4. The second-order valence-corrected chi connectivity index (χ2v) is 21.3. The first-order valence-corrected chi connectivity index (χ1v) is 27.4. The lowest BCUT2D eigenvalue weighted by Gasteiger charge is -2.22. The normalized spacial score (nSPS) is 12.0. The van der Waals surface area contributed by atoms with Gasteiger partial charge in [0.2, 0.25) is 47.5 Å². The highest BCUT2D eigenvalue weighted by molar-refractivity contribution is 7.86. The molecule has 30 nitrogen and oxygen atoms in total. The summed E-state index contributed by atoms with van der Waals surface area (Å²) in [5.41, 5.74) is 10.6. The first-order chi connectivity index (χ1) is 35.7. The fourth-order valence-corrected chi connectivity index (χ4v) is 9.03. The number of benzene rings is 4. The molecule has 4 aromatic carbocycles. The Morgan fingerprint density at radius 2 is 0.750 bits per heavy atom. The molecule has 0 spiro atoms. The van der Waals surface area contributed by atoms with Crippen molar-refractivity contribution in [2.24, 2.45) is 11.5 Å². The van der Waals surface area contributed by atoms with Gasteiger partial charge in [-0.25, -0.2) is 0 Å². The fraction of sp³-hybridized carbons (Fsp3) is 0.190. The van der Waals surface area contributed by atoms with Crippen LogP contribution >= 0.6 is 0 Å². The standard InChI is InChI=1S/C42H46N14O16S4/c43-35(59)15-17-55(19-21-57)41-51-37(45-27-7-11-31(12-8-27)73(61,62)63)49-39(53-41)47-29-5-3-25(33(23-29)75(67,68)69)1-2-26-4-6-30(24-34(26)76(70,71)72)48-40-50-38(46-28-9-13-32(14-10-28)74(64,65)66)52-42(54-40)56(20-22-58)18-16-36(44)60/h1-14,23-24,57-58H,15-22H2,(H2,43,59)(H2,44,60)(H,61,62,63)(H,64,65,66)(H,67,68,69)(H,70,71,72)(H2,45,47,49,51,53)(H2,46,48,50,52,54)/b2-1+. The molecule has 2 amide bonds. The van der Waals surface area contributed by atoms with Crippen LogP contribution in [0.1, 0.15) is 24.0 Å². The molecule has 0 aliphatic carbocycles. The van der Waals surface area contributed by atoms with Gasteiger partial charge >= 0.3 is 0 Å². The number of hydrogen-bond donors (Lipinski definition) is 12. The Hall–Kier alpha value is -8.06. The van der Waals surface area contributed by atoms with E-state index in [1.54, 1.807) is 0 Å². The van der Waals surface area contributed by atoms with E-state index in [0.29, 0.717) is 0 Å². The minimum Gasteiger partial charge on any atom is -0.395 e. The molecule has 0 bridgehead atoms. The monoisotopic (exact) mass is 1130 g/mol. The van der Waals surface area contributed by atoms with E-state index < -0.39 is 85.1 Å². The van der Waals surface area contributed by atoms with Crippen LogP contribution in [0, 0.1) is 0 Å². The molecule has 0 unspecified atom stereocenters. The summed E-state index contributed by atoms with van der Waals surface area (Å²) in [6.45, 7) is -1.18. The zero-order valence-corrected chi connectivity index (χ0v) is 42.3. The number of primary amides is 2. The van der Waals surface area contributed by atoms with Gasteiger partial charge in [0.25, 0.3) is 40.5 Å². The van der Waals surface area contributed by atoms with Crippen LogP contribution in [0.3, 0.4) is 0 Å². The molecule has 0 aliphatic heterocycles. The maximum Gasteiger partial charge on any atom is 0.295 e. The third kappa shape index (κ3) is 16.2. The lowest BCUT2D eigenvalue weighted by molar-refractivity contribution is -0.118. The minimum atomic E-state index is -5.07. The van der Waals surface area contributed by atoms with E-state index in [0.717, 1.165) is 48.6 Å². The van der Waals surface area contributed by atoms with Gasteiger partial charge in [-0.2, -0.15) is 63.6 Å². The van der Waals surface area contributed by atoms with Gasteiger partial charge in [0.05, 0.1) is 23.0 Å². The fourth-order valence-electron chi connectivity index (χ4n) is 6.65. The van der Waals surface area contributed by atoms with Crippen molar-refractivity contribution in [1.82, 2.24) is 29.9 Å². The Morgan fingerprint density at radius 1 is 0.447 bits per heavy atom. The number of nitrogens with two attached hydrogens (primary N) is 2. The highest BCUT2D eigenvalue weighted by Gasteiger charge is 2.22. The third-order valence-electron chi connectivity index (χ3n) is 10.2. The molecule has 404 valence electrons. The number of amides is 2. The van der Waals surface area contributed by atoms with Crippen LogP contribution in [-0.2, 0) is 50.1 Å². The van der Waals surface area contributed by atoms with Crippen molar-refractivity contribution in [1.29, 1.82) is 0 Å². The Kier molecular flexibility index (Phi) is 18.1. The summed E-state index contributed by atoms with van der Waals surface area (Å²) in [6, 6.07) is 16.5. The van der Waals surface area contributed by atoms with Crippen molar-refractivity contribution >= 4 is 123 Å². The van der Waals surface area contributed by atoms with E-state index in [4.69, 9.17) is 11.5 Å². The number of rotatable bonds is 26. The van der Waals surface area contributed by atoms with Gasteiger partial charge in [0.15, 0.2) is 0 Å². The number of anilines is 10. The zero-order valence-electron chi connectivity index (χ0n) is 39.0. The SMILES string of the molecule is NC(=O)CCN(CCO)c1nc(Nc2ccc(S(=O)(=O)O)cc2)nc(Nc2ccc(/C=C/c3ccc(Nc4nc(Nc5ccc(S(=O)(=O)O)cc5)nc(N(CCO)CCC(N)=O)n4)cc3S(=O)(=O)O)c(S(=O)(=O)O)c2)n1. The molecular formula is C42H46N14O16S4. The summed E-state index contributed by atoms with van der Waals surface area (Å²) in [7, 11) is -19.2. The Bertz CT molecular complexity index is 3380. The molecule has 2 aromatic heterocycles. The first-order valence-electron chi connectivity index (χ1n) is 21.6. The molecule has 0 saturated heterocycles. The van der Waals surface area contributed by atoms with Crippen molar-refractivity contribution < 1.29 is 71.7 Å². The molecule has 0 saturated carbocycles. The topological polar surface area (TPSA) is 476 Å². The van der Waals surface area contributed by atoms with Crippen LogP contribution in [0.5, 0.6) is 0 Å². The quantitative estimate of drug-likeness (QED) is 0.0271. The first kappa shape index (κ1) is 57.2. The zero-order chi connectivity index (χ0) is 55.6. The molecule has 34 heteroatoms. The smallest absolute Gasteiger partial charge is 0.295 e. The molecule has 0 fully saturated rings.